The van der Waals surface area contributed by atoms with Gasteiger partial charge in [-0.2, -0.15) is 0 Å². The maximum absolute atomic E-state index is 12.7. The van der Waals surface area contributed by atoms with E-state index in [-0.39, 0.29) is 0 Å². The van der Waals surface area contributed by atoms with E-state index in [0.29, 0.717) is 25.9 Å². The third-order valence-corrected chi connectivity index (χ3v) is 6.41. The molecule has 1 atom stereocenters. The third-order valence-electron chi connectivity index (χ3n) is 4.04. The van der Waals surface area contributed by atoms with Crippen molar-refractivity contribution in [3.63, 3.8) is 0 Å². The second-order valence-electron chi connectivity index (χ2n) is 5.94. The average Bonchev–Trinajstić information content (AvgIpc) is 3.02. The van der Waals surface area contributed by atoms with Gasteiger partial charge in [-0.05, 0) is 26.8 Å². The molecule has 10 heteroatoms. The first-order valence-corrected chi connectivity index (χ1v) is 11.3. The lowest BCUT2D eigenvalue weighted by molar-refractivity contribution is 0.210. The summed E-state index contributed by atoms with van der Waals surface area (Å²) in [7, 11) is -3.02. The highest BCUT2D eigenvalue weighted by Gasteiger charge is 2.25. The Hall–Kier alpha value is -0.920. The fraction of sp³-hybridized carbons (Fsp3) is 0.750. The van der Waals surface area contributed by atoms with Crippen molar-refractivity contribution in [1.29, 1.82) is 0 Å². The molecule has 148 valence electrons. The van der Waals surface area contributed by atoms with Gasteiger partial charge in [0.25, 0.3) is 0 Å². The molecule has 0 amide bonds. The van der Waals surface area contributed by atoms with Gasteiger partial charge in [-0.25, -0.2) is 9.98 Å². The fourth-order valence-electron chi connectivity index (χ4n) is 2.86. The monoisotopic (exact) mass is 405 g/mol. The van der Waals surface area contributed by atoms with Gasteiger partial charge < -0.3 is 23.8 Å². The van der Waals surface area contributed by atoms with E-state index in [0.717, 1.165) is 37.6 Å². The Morgan fingerprint density at radius 3 is 2.65 bits per heavy atom. The Morgan fingerprint density at radius 1 is 1.27 bits per heavy atom. The molecule has 2 heterocycles. The quantitative estimate of drug-likeness (QED) is 0.325. The lowest BCUT2D eigenvalue weighted by atomic mass is 10.3. The SMILES string of the molecule is CCCN(CCn1cnc2c1NC=NC2Cl)CCP(=O)(OCC)OCC. The molecule has 2 rings (SSSR count). The van der Waals surface area contributed by atoms with Crippen LogP contribution in [0, 0.1) is 0 Å². The summed E-state index contributed by atoms with van der Waals surface area (Å²) in [5, 5.41) is 3.11. The predicted octanol–water partition coefficient (Wildman–Crippen LogP) is 3.55. The van der Waals surface area contributed by atoms with Gasteiger partial charge in [0.15, 0.2) is 5.50 Å². The molecular formula is C16H29ClN5O3P. The number of alkyl halides is 1. The molecule has 0 spiro atoms. The van der Waals surface area contributed by atoms with Crippen LogP contribution in [0.15, 0.2) is 11.3 Å². The minimum absolute atomic E-state index is 0.388. The number of halogens is 1. The molecule has 1 aliphatic rings. The van der Waals surface area contributed by atoms with Gasteiger partial charge in [-0.3, -0.25) is 4.57 Å². The van der Waals surface area contributed by atoms with Gasteiger partial charge in [0.1, 0.15) is 11.5 Å². The fourth-order valence-corrected chi connectivity index (χ4v) is 4.72. The summed E-state index contributed by atoms with van der Waals surface area (Å²) in [6.07, 6.45) is 4.79. The van der Waals surface area contributed by atoms with Gasteiger partial charge in [0, 0.05) is 19.6 Å². The van der Waals surface area contributed by atoms with Crippen LogP contribution in [-0.4, -0.2) is 59.8 Å². The number of anilines is 1. The van der Waals surface area contributed by atoms with Crippen LogP contribution in [0.4, 0.5) is 5.82 Å². The normalized spacial score (nSPS) is 16.7. The summed E-state index contributed by atoms with van der Waals surface area (Å²) in [4.78, 5) is 10.7. The zero-order chi connectivity index (χ0) is 19.0. The summed E-state index contributed by atoms with van der Waals surface area (Å²) < 4.78 is 25.5. The lowest BCUT2D eigenvalue weighted by Gasteiger charge is -2.25. The van der Waals surface area contributed by atoms with E-state index >= 15 is 0 Å². The third kappa shape index (κ3) is 5.79. The molecule has 0 fully saturated rings. The summed E-state index contributed by atoms with van der Waals surface area (Å²) in [5.74, 6) is 0.880. The summed E-state index contributed by atoms with van der Waals surface area (Å²) in [6, 6.07) is 0. The largest absolute Gasteiger partial charge is 0.331 e. The van der Waals surface area contributed by atoms with Crippen LogP contribution in [-0.2, 0) is 20.2 Å². The predicted molar refractivity (Wildman–Crippen MR) is 105 cm³/mol. The van der Waals surface area contributed by atoms with E-state index in [1.54, 1.807) is 12.7 Å². The smallest absolute Gasteiger partial charge is 0.331 e. The number of nitrogens with one attached hydrogen (secondary N) is 1. The Morgan fingerprint density at radius 2 is 2.00 bits per heavy atom. The van der Waals surface area contributed by atoms with Gasteiger partial charge in [0.2, 0.25) is 0 Å². The van der Waals surface area contributed by atoms with Crippen LogP contribution in [0.2, 0.25) is 0 Å². The molecule has 1 unspecified atom stereocenters. The van der Waals surface area contributed by atoms with Crippen LogP contribution >= 0.6 is 19.2 Å². The second-order valence-corrected chi connectivity index (χ2v) is 8.54. The van der Waals surface area contributed by atoms with Gasteiger partial charge in [-0.15, -0.1) is 0 Å². The average molecular weight is 406 g/mol. The molecule has 1 N–H and O–H groups in total. The molecule has 0 saturated heterocycles. The van der Waals surface area contributed by atoms with Gasteiger partial charge in [0.05, 0.1) is 32.0 Å². The molecule has 8 nitrogen and oxygen atoms in total. The van der Waals surface area contributed by atoms with Gasteiger partial charge in [-0.1, -0.05) is 18.5 Å². The van der Waals surface area contributed by atoms with Gasteiger partial charge >= 0.3 is 7.60 Å². The van der Waals surface area contributed by atoms with Crippen LogP contribution in [0.1, 0.15) is 38.4 Å². The minimum atomic E-state index is -3.02. The zero-order valence-electron chi connectivity index (χ0n) is 15.7. The Kier molecular flexibility index (Phi) is 8.57. The number of hydrogen-bond donors (Lipinski definition) is 1. The maximum Gasteiger partial charge on any atom is 0.331 e. The standard InChI is InChI=1S/C16H29ClN5O3P/c1-4-7-21(10-11-26(23,24-5-2)25-6-3)8-9-22-13-20-14-15(17)18-12-19-16(14)22/h12-13,15H,4-11H2,1-3H3,(H,18,19). The first-order chi connectivity index (χ1) is 12.5. The lowest BCUT2D eigenvalue weighted by Crippen LogP contribution is -2.31. The molecular weight excluding hydrogens is 377 g/mol. The molecule has 1 aromatic rings. The van der Waals surface area contributed by atoms with Crippen molar-refractivity contribution in [2.24, 2.45) is 4.99 Å². The molecule has 0 aromatic carbocycles. The van der Waals surface area contributed by atoms with Crippen LogP contribution in [0.25, 0.3) is 0 Å². The van der Waals surface area contributed by atoms with E-state index in [4.69, 9.17) is 20.6 Å². The molecule has 0 bridgehead atoms. The van der Waals surface area contributed by atoms with Crippen molar-refractivity contribution < 1.29 is 13.6 Å². The molecule has 0 saturated carbocycles. The Balaban J connectivity index is 1.93. The van der Waals surface area contributed by atoms with Crippen molar-refractivity contribution in [3.05, 3.63) is 12.0 Å². The molecule has 1 aliphatic heterocycles. The number of imidazole rings is 1. The highest BCUT2D eigenvalue weighted by Crippen LogP contribution is 2.47. The van der Waals surface area contributed by atoms with Crippen molar-refractivity contribution in [2.45, 2.75) is 39.2 Å². The number of fused-ring (bicyclic) bond motifs is 1. The maximum atomic E-state index is 12.7. The van der Waals surface area contributed by atoms with E-state index < -0.39 is 13.1 Å². The van der Waals surface area contributed by atoms with E-state index in [1.807, 2.05) is 18.4 Å². The van der Waals surface area contributed by atoms with E-state index in [1.165, 1.54) is 0 Å². The first-order valence-electron chi connectivity index (χ1n) is 9.10. The zero-order valence-corrected chi connectivity index (χ0v) is 17.4. The van der Waals surface area contributed by atoms with E-state index in [2.05, 4.69) is 27.1 Å². The van der Waals surface area contributed by atoms with Crippen molar-refractivity contribution in [1.82, 2.24) is 14.5 Å². The topological polar surface area (TPSA) is 81.0 Å². The van der Waals surface area contributed by atoms with Crippen molar-refractivity contribution in [3.8, 4) is 0 Å². The van der Waals surface area contributed by atoms with E-state index in [9.17, 15) is 4.57 Å². The van der Waals surface area contributed by atoms with Crippen molar-refractivity contribution in [2.75, 3.05) is 44.3 Å². The molecule has 0 radical (unpaired) electrons. The summed E-state index contributed by atoms with van der Waals surface area (Å²) >= 11 is 6.15. The highest BCUT2D eigenvalue weighted by molar-refractivity contribution is 7.53. The first kappa shape index (κ1) is 21.4. The van der Waals surface area contributed by atoms with Crippen LogP contribution in [0.5, 0.6) is 0 Å². The van der Waals surface area contributed by atoms with Crippen LogP contribution in [0.3, 0.4) is 0 Å². The summed E-state index contributed by atoms with van der Waals surface area (Å²) in [5.41, 5.74) is 0.302. The Labute approximate surface area is 160 Å². The number of nitrogens with zero attached hydrogens (tertiary/aromatic N) is 4. The highest BCUT2D eigenvalue weighted by atomic mass is 35.5. The van der Waals surface area contributed by atoms with Crippen molar-refractivity contribution >= 4 is 31.4 Å². The molecule has 0 aliphatic carbocycles. The minimum Gasteiger partial charge on any atom is -0.331 e. The second kappa shape index (κ2) is 10.4. The molecule has 1 aromatic heterocycles. The number of hydrogen-bond acceptors (Lipinski definition) is 7. The number of rotatable bonds is 12. The molecule has 26 heavy (non-hydrogen) atoms. The summed E-state index contributed by atoms with van der Waals surface area (Å²) in [6.45, 7) is 9.71. The Bertz CT molecular complexity index is 629. The number of aromatic nitrogens is 2. The number of aliphatic imine (C=N–C) groups is 1. The van der Waals surface area contributed by atoms with Crippen LogP contribution < -0.4 is 5.32 Å².